The molecule has 2 N–H and O–H groups in total. The van der Waals surface area contributed by atoms with Crippen LogP contribution in [0, 0.1) is 5.41 Å². The first kappa shape index (κ1) is 15.1. The molecule has 2 aromatic rings. The molecule has 0 aromatic carbocycles. The molecule has 1 atom stereocenters. The van der Waals surface area contributed by atoms with Crippen molar-refractivity contribution in [3.63, 3.8) is 0 Å². The second-order valence-corrected chi connectivity index (χ2v) is 6.37. The quantitative estimate of drug-likeness (QED) is 0.789. The van der Waals surface area contributed by atoms with Crippen LogP contribution in [0.15, 0.2) is 18.5 Å². The van der Waals surface area contributed by atoms with E-state index in [1.165, 1.54) is 11.1 Å². The molecule has 1 amide bonds. The van der Waals surface area contributed by atoms with Gasteiger partial charge in [-0.05, 0) is 25.3 Å². The molecule has 0 spiro atoms. The average molecular weight is 328 g/mol. The van der Waals surface area contributed by atoms with Gasteiger partial charge in [-0.1, -0.05) is 0 Å². The van der Waals surface area contributed by atoms with Crippen LogP contribution in [0.4, 0.5) is 5.82 Å². The van der Waals surface area contributed by atoms with Crippen molar-refractivity contribution in [3.05, 3.63) is 24.0 Å². The number of nitrogens with one attached hydrogen (secondary N) is 1. The van der Waals surface area contributed by atoms with Crippen molar-refractivity contribution in [3.8, 4) is 0 Å². The van der Waals surface area contributed by atoms with Crippen molar-refractivity contribution in [1.29, 1.82) is 5.41 Å². The molecule has 0 radical (unpaired) electrons. The molecule has 126 valence electrons. The Kier molecular flexibility index (Phi) is 3.68. The summed E-state index contributed by atoms with van der Waals surface area (Å²) in [6, 6.07) is 1.91. The van der Waals surface area contributed by atoms with Crippen LogP contribution in [0.5, 0.6) is 0 Å². The van der Waals surface area contributed by atoms with E-state index >= 15 is 0 Å². The Balaban J connectivity index is 1.64. The molecule has 4 rings (SSSR count). The van der Waals surface area contributed by atoms with E-state index in [1.54, 1.807) is 4.52 Å². The number of aliphatic hydroxyl groups excluding tert-OH is 1. The Bertz CT molecular complexity index is 795. The summed E-state index contributed by atoms with van der Waals surface area (Å²) in [4.78, 5) is 20.8. The smallest absolute Gasteiger partial charge is 0.272 e. The van der Waals surface area contributed by atoms with Gasteiger partial charge in [-0.25, -0.2) is 9.50 Å². The number of nitrogens with zero attached hydrogens (tertiary/aromatic N) is 5. The minimum atomic E-state index is -0.495. The van der Waals surface area contributed by atoms with Gasteiger partial charge < -0.3 is 14.9 Å². The number of rotatable bonds is 3. The summed E-state index contributed by atoms with van der Waals surface area (Å²) in [7, 11) is 0. The lowest BCUT2D eigenvalue weighted by Crippen LogP contribution is -2.35. The lowest BCUT2D eigenvalue weighted by molar-refractivity contribution is -0.123. The largest absolute Gasteiger partial charge is 0.391 e. The molecule has 4 heterocycles. The van der Waals surface area contributed by atoms with Gasteiger partial charge in [0, 0.05) is 32.4 Å². The fourth-order valence-electron chi connectivity index (χ4n) is 3.36. The number of β-amino-alcohol motifs (C(OH)–C–C–N with tert-alkyl or cyclic N) is 1. The summed E-state index contributed by atoms with van der Waals surface area (Å²) >= 11 is 0. The Morgan fingerprint density at radius 3 is 2.79 bits per heavy atom. The van der Waals surface area contributed by atoms with Gasteiger partial charge in [0.25, 0.3) is 5.91 Å². The van der Waals surface area contributed by atoms with Crippen LogP contribution in [0.25, 0.3) is 5.65 Å². The van der Waals surface area contributed by atoms with Crippen molar-refractivity contribution in [2.45, 2.75) is 25.4 Å². The predicted molar refractivity (Wildman–Crippen MR) is 88.5 cm³/mol. The third-order valence-electron chi connectivity index (χ3n) is 4.72. The van der Waals surface area contributed by atoms with Crippen molar-refractivity contribution in [2.24, 2.45) is 0 Å². The number of anilines is 1. The van der Waals surface area contributed by atoms with Crippen molar-refractivity contribution in [2.75, 3.05) is 31.1 Å². The summed E-state index contributed by atoms with van der Waals surface area (Å²) < 4.78 is 1.59. The predicted octanol–water partition coefficient (Wildman–Crippen LogP) is 0.291. The van der Waals surface area contributed by atoms with E-state index in [0.29, 0.717) is 24.2 Å². The van der Waals surface area contributed by atoms with Crippen molar-refractivity contribution < 1.29 is 9.90 Å². The van der Waals surface area contributed by atoms with Gasteiger partial charge in [-0.15, -0.1) is 0 Å². The molecular weight excluding hydrogens is 308 g/mol. The maximum Gasteiger partial charge on any atom is 0.272 e. The first-order chi connectivity index (χ1) is 11.6. The van der Waals surface area contributed by atoms with Gasteiger partial charge in [0.05, 0.1) is 17.9 Å². The highest BCUT2D eigenvalue weighted by molar-refractivity contribution is 6.45. The molecule has 2 aliphatic heterocycles. The van der Waals surface area contributed by atoms with E-state index in [1.807, 2.05) is 12.3 Å². The lowest BCUT2D eigenvalue weighted by atomic mass is 10.2. The second-order valence-electron chi connectivity index (χ2n) is 6.37. The van der Waals surface area contributed by atoms with E-state index in [2.05, 4.69) is 15.0 Å². The standard InChI is InChI=1S/C16H20N6O2/c17-14(16(24)21-7-3-11(23)10-21)12-9-18-22-8-4-13(19-15(12)22)20-5-1-2-6-20/h4,8-9,11,17,23H,1-3,5-7,10H2/t11-/m0/s1. The molecule has 8 heteroatoms. The fourth-order valence-corrected chi connectivity index (χ4v) is 3.36. The number of hydrogen-bond donors (Lipinski definition) is 2. The van der Waals surface area contributed by atoms with Gasteiger partial charge in [0.2, 0.25) is 0 Å². The van der Waals surface area contributed by atoms with Crippen LogP contribution < -0.4 is 4.90 Å². The molecule has 0 bridgehead atoms. The molecule has 2 aliphatic rings. The molecule has 0 saturated carbocycles. The maximum absolute atomic E-state index is 12.5. The number of likely N-dealkylation sites (tertiary alicyclic amines) is 1. The number of fused-ring (bicyclic) bond motifs is 1. The maximum atomic E-state index is 12.5. The molecule has 0 unspecified atom stereocenters. The van der Waals surface area contributed by atoms with E-state index in [4.69, 9.17) is 5.41 Å². The van der Waals surface area contributed by atoms with E-state index in [-0.39, 0.29) is 18.2 Å². The van der Waals surface area contributed by atoms with Crippen LogP contribution in [-0.4, -0.2) is 68.5 Å². The van der Waals surface area contributed by atoms with Gasteiger partial charge in [0.15, 0.2) is 5.65 Å². The van der Waals surface area contributed by atoms with E-state index in [0.717, 1.165) is 31.7 Å². The minimum Gasteiger partial charge on any atom is -0.391 e. The Morgan fingerprint density at radius 1 is 1.29 bits per heavy atom. The number of carbonyl (C=O) groups is 1. The molecule has 0 aliphatic carbocycles. The lowest BCUT2D eigenvalue weighted by Gasteiger charge is -2.17. The third-order valence-corrected chi connectivity index (χ3v) is 4.72. The molecule has 2 saturated heterocycles. The first-order valence-electron chi connectivity index (χ1n) is 8.29. The first-order valence-corrected chi connectivity index (χ1v) is 8.29. The summed E-state index contributed by atoms with van der Waals surface area (Å²) in [5.74, 6) is 0.480. The summed E-state index contributed by atoms with van der Waals surface area (Å²) in [6.07, 6.45) is 5.71. The SMILES string of the molecule is N=C(C(=O)N1CC[C@H](O)C1)c1cnn2ccc(N3CCCC3)nc12. The topological polar surface area (TPSA) is 97.8 Å². The summed E-state index contributed by atoms with van der Waals surface area (Å²) in [5, 5.41) is 22.1. The zero-order chi connectivity index (χ0) is 16.7. The van der Waals surface area contributed by atoms with Gasteiger partial charge in [0.1, 0.15) is 11.5 Å². The number of hydrogen-bond acceptors (Lipinski definition) is 6. The highest BCUT2D eigenvalue weighted by Crippen LogP contribution is 2.20. The Morgan fingerprint density at radius 2 is 2.08 bits per heavy atom. The van der Waals surface area contributed by atoms with Crippen LogP contribution >= 0.6 is 0 Å². The van der Waals surface area contributed by atoms with Gasteiger partial charge in [-0.3, -0.25) is 10.2 Å². The second kappa shape index (κ2) is 5.86. The molecule has 24 heavy (non-hydrogen) atoms. The molecule has 8 nitrogen and oxygen atoms in total. The molecule has 2 aromatic heterocycles. The summed E-state index contributed by atoms with van der Waals surface area (Å²) in [5.41, 5.74) is 0.838. The Hall–Kier alpha value is -2.48. The number of amides is 1. The van der Waals surface area contributed by atoms with Crippen LogP contribution in [0.1, 0.15) is 24.8 Å². The number of aliphatic hydroxyl groups is 1. The third kappa shape index (κ3) is 2.52. The highest BCUT2D eigenvalue weighted by atomic mass is 16.3. The number of aromatic nitrogens is 3. The van der Waals surface area contributed by atoms with Crippen LogP contribution in [0.2, 0.25) is 0 Å². The molecular formula is C16H20N6O2. The normalized spacial score (nSPS) is 21.0. The zero-order valence-corrected chi connectivity index (χ0v) is 13.4. The monoisotopic (exact) mass is 328 g/mol. The summed E-state index contributed by atoms with van der Waals surface area (Å²) in [6.45, 7) is 2.73. The Labute approximate surface area is 139 Å². The van der Waals surface area contributed by atoms with Gasteiger partial charge in [-0.2, -0.15) is 5.10 Å². The highest BCUT2D eigenvalue weighted by Gasteiger charge is 2.29. The zero-order valence-electron chi connectivity index (χ0n) is 13.4. The van der Waals surface area contributed by atoms with E-state index in [9.17, 15) is 9.90 Å². The van der Waals surface area contributed by atoms with Crippen LogP contribution in [-0.2, 0) is 4.79 Å². The number of carbonyl (C=O) groups excluding carboxylic acids is 1. The fraction of sp³-hybridized carbons (Fsp3) is 0.500. The van der Waals surface area contributed by atoms with Crippen molar-refractivity contribution >= 4 is 23.1 Å². The van der Waals surface area contributed by atoms with Gasteiger partial charge >= 0.3 is 0 Å². The van der Waals surface area contributed by atoms with E-state index < -0.39 is 6.10 Å². The molecule has 2 fully saturated rings. The van der Waals surface area contributed by atoms with Crippen LogP contribution in [0.3, 0.4) is 0 Å². The van der Waals surface area contributed by atoms with Crippen molar-refractivity contribution in [1.82, 2.24) is 19.5 Å². The average Bonchev–Trinajstić information content (AvgIpc) is 3.33. The minimum absolute atomic E-state index is 0.120.